The van der Waals surface area contributed by atoms with Crippen LogP contribution in [-0.4, -0.2) is 20.7 Å². The Hall–Kier alpha value is -3.15. The molecule has 0 atom stereocenters. The molecule has 0 saturated heterocycles. The maximum atomic E-state index is 12.2. The van der Waals surface area contributed by atoms with E-state index in [-0.39, 0.29) is 11.5 Å². The minimum Gasteiger partial charge on any atom is -0.329 e. The Balaban J connectivity index is 1.92. The Bertz CT molecular complexity index is 821. The zero-order valence-electron chi connectivity index (χ0n) is 11.0. The van der Waals surface area contributed by atoms with Gasteiger partial charge in [-0.1, -0.05) is 12.1 Å². The van der Waals surface area contributed by atoms with Crippen molar-refractivity contribution in [1.82, 2.24) is 14.8 Å². The summed E-state index contributed by atoms with van der Waals surface area (Å²) in [6, 6.07) is 11.9. The van der Waals surface area contributed by atoms with Gasteiger partial charge in [-0.3, -0.25) is 9.59 Å². The number of hydrogen-bond acceptors (Lipinski definition) is 3. The van der Waals surface area contributed by atoms with Crippen LogP contribution in [0.15, 0.2) is 65.8 Å². The van der Waals surface area contributed by atoms with Crippen LogP contribution in [0.1, 0.15) is 10.4 Å². The molecule has 0 radical (unpaired) electrons. The number of nitrogens with one attached hydrogen (secondary N) is 2. The molecule has 6 nitrogen and oxygen atoms in total. The third-order valence-electron chi connectivity index (χ3n) is 2.94. The van der Waals surface area contributed by atoms with Crippen molar-refractivity contribution in [3.63, 3.8) is 0 Å². The Morgan fingerprint density at radius 3 is 2.81 bits per heavy atom. The first-order chi connectivity index (χ1) is 10.2. The molecule has 2 heterocycles. The van der Waals surface area contributed by atoms with E-state index in [1.54, 1.807) is 35.3 Å². The molecule has 0 unspecified atom stereocenters. The minimum absolute atomic E-state index is 0.300. The van der Waals surface area contributed by atoms with Crippen LogP contribution in [0.5, 0.6) is 0 Å². The summed E-state index contributed by atoms with van der Waals surface area (Å²) in [5.41, 5.74) is 1.35. The summed E-state index contributed by atoms with van der Waals surface area (Å²) in [6.07, 6.45) is 4.89. The molecular weight excluding hydrogens is 268 g/mol. The van der Waals surface area contributed by atoms with Gasteiger partial charge < -0.3 is 10.3 Å². The topological polar surface area (TPSA) is 79.8 Å². The van der Waals surface area contributed by atoms with Crippen LogP contribution in [0.3, 0.4) is 0 Å². The Morgan fingerprint density at radius 2 is 2.05 bits per heavy atom. The fourth-order valence-electron chi connectivity index (χ4n) is 1.97. The van der Waals surface area contributed by atoms with Crippen LogP contribution in [-0.2, 0) is 0 Å². The van der Waals surface area contributed by atoms with E-state index in [9.17, 15) is 9.59 Å². The fourth-order valence-corrected chi connectivity index (χ4v) is 1.97. The number of hydrogen-bond donors (Lipinski definition) is 2. The molecule has 21 heavy (non-hydrogen) atoms. The van der Waals surface area contributed by atoms with E-state index in [0.29, 0.717) is 11.3 Å². The lowest BCUT2D eigenvalue weighted by molar-refractivity contribution is 0.102. The van der Waals surface area contributed by atoms with Crippen molar-refractivity contribution in [3.8, 4) is 5.69 Å². The largest absolute Gasteiger partial charge is 0.329 e. The van der Waals surface area contributed by atoms with Gasteiger partial charge in [0.1, 0.15) is 0 Å². The number of aromatic amines is 1. The molecule has 0 aliphatic carbocycles. The Labute approximate surface area is 120 Å². The predicted octanol–water partition coefficient (Wildman–Crippen LogP) is 1.81. The standard InChI is InChI=1S/C15H12N4O2/c20-14-10-11(6-8-16-14)15(21)18-12-4-1-2-5-13(12)19-9-3-7-17-19/h1-10H,(H,16,20)(H,18,21). The second-order valence-corrected chi connectivity index (χ2v) is 4.36. The van der Waals surface area contributed by atoms with Gasteiger partial charge in [0, 0.05) is 30.2 Å². The van der Waals surface area contributed by atoms with Gasteiger partial charge in [0.15, 0.2) is 0 Å². The molecule has 0 aliphatic rings. The minimum atomic E-state index is -0.347. The zero-order chi connectivity index (χ0) is 14.7. The molecule has 2 N–H and O–H groups in total. The normalized spacial score (nSPS) is 10.3. The van der Waals surface area contributed by atoms with Crippen LogP contribution in [0, 0.1) is 0 Å². The van der Waals surface area contributed by atoms with E-state index in [1.807, 2.05) is 18.2 Å². The number of para-hydroxylation sites is 2. The van der Waals surface area contributed by atoms with Crippen LogP contribution in [0.4, 0.5) is 5.69 Å². The molecule has 0 fully saturated rings. The molecule has 1 aromatic carbocycles. The van der Waals surface area contributed by atoms with Crippen LogP contribution in [0.25, 0.3) is 5.69 Å². The van der Waals surface area contributed by atoms with Crippen molar-refractivity contribution in [2.75, 3.05) is 5.32 Å². The number of amides is 1. The molecule has 0 aliphatic heterocycles. The number of nitrogens with zero attached hydrogens (tertiary/aromatic N) is 2. The predicted molar refractivity (Wildman–Crippen MR) is 78.6 cm³/mol. The van der Waals surface area contributed by atoms with E-state index in [2.05, 4.69) is 15.4 Å². The molecule has 0 spiro atoms. The fraction of sp³-hybridized carbons (Fsp3) is 0. The lowest BCUT2D eigenvalue weighted by Crippen LogP contribution is -2.16. The molecule has 3 rings (SSSR count). The molecule has 0 bridgehead atoms. The van der Waals surface area contributed by atoms with E-state index in [1.165, 1.54) is 12.3 Å². The average Bonchev–Trinajstić information content (AvgIpc) is 3.02. The van der Waals surface area contributed by atoms with Gasteiger partial charge in [-0.05, 0) is 24.3 Å². The molecule has 3 aromatic rings. The van der Waals surface area contributed by atoms with E-state index in [4.69, 9.17) is 0 Å². The highest BCUT2D eigenvalue weighted by Gasteiger charge is 2.10. The quantitative estimate of drug-likeness (QED) is 0.768. The van der Waals surface area contributed by atoms with Crippen LogP contribution >= 0.6 is 0 Å². The maximum Gasteiger partial charge on any atom is 0.255 e. The summed E-state index contributed by atoms with van der Waals surface area (Å²) in [5.74, 6) is -0.347. The molecule has 104 valence electrons. The van der Waals surface area contributed by atoms with Crippen LogP contribution < -0.4 is 10.9 Å². The number of rotatable bonds is 3. The highest BCUT2D eigenvalue weighted by atomic mass is 16.2. The number of carbonyl (C=O) groups excluding carboxylic acids is 1. The summed E-state index contributed by atoms with van der Waals surface area (Å²) >= 11 is 0. The number of carbonyl (C=O) groups is 1. The van der Waals surface area contributed by atoms with Gasteiger partial charge in [0.05, 0.1) is 11.4 Å². The second-order valence-electron chi connectivity index (χ2n) is 4.36. The first-order valence-electron chi connectivity index (χ1n) is 6.33. The number of H-pyrrole nitrogens is 1. The summed E-state index contributed by atoms with van der Waals surface area (Å²) in [7, 11) is 0. The van der Waals surface area contributed by atoms with Gasteiger partial charge in [0.2, 0.25) is 5.56 Å². The molecule has 0 saturated carbocycles. The van der Waals surface area contributed by atoms with Gasteiger partial charge in [-0.25, -0.2) is 4.68 Å². The highest BCUT2D eigenvalue weighted by molar-refractivity contribution is 6.05. The SMILES string of the molecule is O=C(Nc1ccccc1-n1cccn1)c1cc[nH]c(=O)c1. The Morgan fingerprint density at radius 1 is 1.19 bits per heavy atom. The summed E-state index contributed by atoms with van der Waals surface area (Å²) in [5, 5.41) is 6.94. The molecule has 2 aromatic heterocycles. The van der Waals surface area contributed by atoms with Crippen molar-refractivity contribution in [1.29, 1.82) is 0 Å². The van der Waals surface area contributed by atoms with Crippen molar-refractivity contribution < 1.29 is 4.79 Å². The summed E-state index contributed by atoms with van der Waals surface area (Å²) in [6.45, 7) is 0. The van der Waals surface area contributed by atoms with E-state index in [0.717, 1.165) is 5.69 Å². The number of benzene rings is 1. The molecular formula is C15H12N4O2. The van der Waals surface area contributed by atoms with Gasteiger partial charge >= 0.3 is 0 Å². The lowest BCUT2D eigenvalue weighted by Gasteiger charge is -2.10. The van der Waals surface area contributed by atoms with Gasteiger partial charge in [-0.15, -0.1) is 0 Å². The van der Waals surface area contributed by atoms with Crippen molar-refractivity contribution in [2.24, 2.45) is 0 Å². The molecule has 1 amide bonds. The number of anilines is 1. The first-order valence-corrected chi connectivity index (χ1v) is 6.33. The second kappa shape index (κ2) is 5.46. The highest BCUT2D eigenvalue weighted by Crippen LogP contribution is 2.19. The monoisotopic (exact) mass is 280 g/mol. The average molecular weight is 280 g/mol. The molecule has 6 heteroatoms. The zero-order valence-corrected chi connectivity index (χ0v) is 11.0. The van der Waals surface area contributed by atoms with Crippen molar-refractivity contribution in [3.05, 3.63) is 77.0 Å². The lowest BCUT2D eigenvalue weighted by atomic mass is 10.2. The van der Waals surface area contributed by atoms with Crippen molar-refractivity contribution in [2.45, 2.75) is 0 Å². The Kier molecular flexibility index (Phi) is 3.34. The van der Waals surface area contributed by atoms with Gasteiger partial charge in [0.25, 0.3) is 5.91 Å². The third-order valence-corrected chi connectivity index (χ3v) is 2.94. The van der Waals surface area contributed by atoms with Crippen molar-refractivity contribution >= 4 is 11.6 Å². The van der Waals surface area contributed by atoms with E-state index < -0.39 is 0 Å². The van der Waals surface area contributed by atoms with Gasteiger partial charge in [-0.2, -0.15) is 5.10 Å². The maximum absolute atomic E-state index is 12.2. The first kappa shape index (κ1) is 12.9. The summed E-state index contributed by atoms with van der Waals surface area (Å²) in [4.78, 5) is 25.9. The van der Waals surface area contributed by atoms with Crippen LogP contribution in [0.2, 0.25) is 0 Å². The summed E-state index contributed by atoms with van der Waals surface area (Å²) < 4.78 is 1.66. The van der Waals surface area contributed by atoms with E-state index >= 15 is 0 Å². The number of aromatic nitrogens is 3. The number of pyridine rings is 1. The third kappa shape index (κ3) is 2.74. The smallest absolute Gasteiger partial charge is 0.255 e.